The van der Waals surface area contributed by atoms with E-state index < -0.39 is 0 Å². The summed E-state index contributed by atoms with van der Waals surface area (Å²) in [6, 6.07) is 43.9. The monoisotopic (exact) mass is 384 g/mol. The van der Waals surface area contributed by atoms with Gasteiger partial charge in [0, 0.05) is 5.92 Å². The number of fused-ring (bicyclic) bond motifs is 1. The van der Waals surface area contributed by atoms with E-state index in [2.05, 4.69) is 128 Å². The number of rotatable bonds is 4. The van der Waals surface area contributed by atoms with Crippen LogP contribution in [0.1, 0.15) is 28.2 Å². The summed E-state index contributed by atoms with van der Waals surface area (Å²) in [7, 11) is 0. The molecule has 0 bridgehead atoms. The Balaban J connectivity index is 1.75. The first kappa shape index (κ1) is 18.4. The summed E-state index contributed by atoms with van der Waals surface area (Å²) in [6.07, 6.45) is 0. The average Bonchev–Trinajstić information content (AvgIpc) is 2.81. The fourth-order valence-corrected chi connectivity index (χ4v) is 4.41. The molecule has 30 heavy (non-hydrogen) atoms. The molecule has 0 nitrogen and oxygen atoms in total. The Morgan fingerprint density at radius 3 is 1.67 bits per heavy atom. The molecule has 5 rings (SSSR count). The second-order valence-electron chi connectivity index (χ2n) is 7.87. The van der Waals surface area contributed by atoms with E-state index in [4.69, 9.17) is 0 Å². The molecule has 0 N–H and O–H groups in total. The molecular weight excluding hydrogens is 360 g/mol. The lowest BCUT2D eigenvalue weighted by atomic mass is 9.82. The van der Waals surface area contributed by atoms with Gasteiger partial charge in [0.1, 0.15) is 0 Å². The topological polar surface area (TPSA) is 0 Å². The maximum Gasteiger partial charge on any atom is 0.0346 e. The Kier molecular flexibility index (Phi) is 4.91. The van der Waals surface area contributed by atoms with Gasteiger partial charge >= 0.3 is 0 Å². The summed E-state index contributed by atoms with van der Waals surface area (Å²) in [4.78, 5) is 0. The first-order valence-corrected chi connectivity index (χ1v) is 10.5. The third-order valence-electron chi connectivity index (χ3n) is 5.90. The standard InChI is InChI=1S/C30H24/c1-22-18-20-23(21-19-22)26-14-8-16-28-27(26)15-9-17-29(28)30(24-10-4-2-5-11-24)25-12-6-3-7-13-25/h2-21,30H,1H3. The van der Waals surface area contributed by atoms with Gasteiger partial charge in [0.25, 0.3) is 0 Å². The molecule has 0 amide bonds. The molecule has 0 heterocycles. The molecule has 0 saturated heterocycles. The van der Waals surface area contributed by atoms with Crippen molar-refractivity contribution in [2.45, 2.75) is 12.8 Å². The molecule has 5 aromatic carbocycles. The lowest BCUT2D eigenvalue weighted by Crippen LogP contribution is -2.04. The van der Waals surface area contributed by atoms with E-state index in [1.807, 2.05) is 0 Å². The summed E-state index contributed by atoms with van der Waals surface area (Å²) < 4.78 is 0. The van der Waals surface area contributed by atoms with Crippen LogP contribution in [0.3, 0.4) is 0 Å². The quantitative estimate of drug-likeness (QED) is 0.275. The molecule has 0 spiro atoms. The smallest absolute Gasteiger partial charge is 0.0346 e. The van der Waals surface area contributed by atoms with Crippen molar-refractivity contribution in [3.8, 4) is 11.1 Å². The lowest BCUT2D eigenvalue weighted by Gasteiger charge is -2.21. The lowest BCUT2D eigenvalue weighted by molar-refractivity contribution is 0.989. The highest BCUT2D eigenvalue weighted by molar-refractivity contribution is 5.99. The van der Waals surface area contributed by atoms with Crippen LogP contribution in [0, 0.1) is 6.92 Å². The third-order valence-corrected chi connectivity index (χ3v) is 5.90. The highest BCUT2D eigenvalue weighted by Crippen LogP contribution is 2.38. The van der Waals surface area contributed by atoms with Crippen LogP contribution in [0.25, 0.3) is 21.9 Å². The van der Waals surface area contributed by atoms with Gasteiger partial charge in [0.15, 0.2) is 0 Å². The maximum absolute atomic E-state index is 2.28. The summed E-state index contributed by atoms with van der Waals surface area (Å²) in [5, 5.41) is 2.61. The molecule has 0 aliphatic carbocycles. The third kappa shape index (κ3) is 3.42. The summed E-state index contributed by atoms with van der Waals surface area (Å²) >= 11 is 0. The van der Waals surface area contributed by atoms with Gasteiger partial charge in [-0.25, -0.2) is 0 Å². The summed E-state index contributed by atoms with van der Waals surface area (Å²) in [5.74, 6) is 0.198. The number of aryl methyl sites for hydroxylation is 1. The van der Waals surface area contributed by atoms with Crippen LogP contribution in [-0.4, -0.2) is 0 Å². The molecule has 0 unspecified atom stereocenters. The highest BCUT2D eigenvalue weighted by atomic mass is 14.2. The van der Waals surface area contributed by atoms with Crippen LogP contribution in [0.2, 0.25) is 0 Å². The molecule has 0 saturated carbocycles. The van der Waals surface area contributed by atoms with E-state index in [1.165, 1.54) is 44.2 Å². The van der Waals surface area contributed by atoms with E-state index >= 15 is 0 Å². The van der Waals surface area contributed by atoms with Gasteiger partial charge in [0.05, 0.1) is 0 Å². The minimum Gasteiger partial charge on any atom is -0.0622 e. The second kappa shape index (κ2) is 8.00. The van der Waals surface area contributed by atoms with E-state index in [1.54, 1.807) is 0 Å². The molecule has 0 aliphatic heterocycles. The minimum absolute atomic E-state index is 0.198. The summed E-state index contributed by atoms with van der Waals surface area (Å²) in [5.41, 5.74) is 7.81. The molecule has 0 atom stereocenters. The van der Waals surface area contributed by atoms with Crippen molar-refractivity contribution in [1.82, 2.24) is 0 Å². The Labute approximate surface area is 178 Å². The zero-order valence-corrected chi connectivity index (χ0v) is 17.1. The van der Waals surface area contributed by atoms with Gasteiger partial charge < -0.3 is 0 Å². The minimum atomic E-state index is 0.198. The van der Waals surface area contributed by atoms with Crippen LogP contribution in [0.15, 0.2) is 121 Å². The fraction of sp³-hybridized carbons (Fsp3) is 0.0667. The van der Waals surface area contributed by atoms with E-state index in [9.17, 15) is 0 Å². The first-order chi connectivity index (χ1) is 14.8. The fourth-order valence-electron chi connectivity index (χ4n) is 4.41. The summed E-state index contributed by atoms with van der Waals surface area (Å²) in [6.45, 7) is 2.13. The zero-order valence-electron chi connectivity index (χ0n) is 17.1. The SMILES string of the molecule is Cc1ccc(-c2cccc3c(C(c4ccccc4)c4ccccc4)cccc23)cc1. The van der Waals surface area contributed by atoms with Gasteiger partial charge in [-0.2, -0.15) is 0 Å². The molecule has 0 aliphatic rings. The van der Waals surface area contributed by atoms with Gasteiger partial charge in [-0.05, 0) is 45.5 Å². The Bertz CT molecular complexity index is 1230. The van der Waals surface area contributed by atoms with Crippen LogP contribution in [0.5, 0.6) is 0 Å². The highest BCUT2D eigenvalue weighted by Gasteiger charge is 2.19. The van der Waals surface area contributed by atoms with Gasteiger partial charge in [-0.1, -0.05) is 127 Å². The van der Waals surface area contributed by atoms with Crippen LogP contribution in [-0.2, 0) is 0 Å². The first-order valence-electron chi connectivity index (χ1n) is 10.5. The van der Waals surface area contributed by atoms with E-state index in [0.717, 1.165) is 0 Å². The van der Waals surface area contributed by atoms with E-state index in [-0.39, 0.29) is 5.92 Å². The predicted octanol–water partition coefficient (Wildman–Crippen LogP) is 8.00. The molecule has 5 aromatic rings. The average molecular weight is 385 g/mol. The number of hydrogen-bond acceptors (Lipinski definition) is 0. The Morgan fingerprint density at radius 1 is 0.467 bits per heavy atom. The largest absolute Gasteiger partial charge is 0.0622 e. The number of hydrogen-bond donors (Lipinski definition) is 0. The van der Waals surface area contributed by atoms with E-state index in [0.29, 0.717) is 0 Å². The Hall–Kier alpha value is -3.64. The molecule has 144 valence electrons. The van der Waals surface area contributed by atoms with Crippen LogP contribution in [0.4, 0.5) is 0 Å². The molecule has 0 heteroatoms. The van der Waals surface area contributed by atoms with Gasteiger partial charge in [-0.15, -0.1) is 0 Å². The van der Waals surface area contributed by atoms with Crippen LogP contribution >= 0.6 is 0 Å². The molecule has 0 aromatic heterocycles. The maximum atomic E-state index is 2.28. The van der Waals surface area contributed by atoms with Gasteiger partial charge in [-0.3, -0.25) is 0 Å². The second-order valence-corrected chi connectivity index (χ2v) is 7.87. The van der Waals surface area contributed by atoms with Crippen molar-refractivity contribution in [1.29, 1.82) is 0 Å². The van der Waals surface area contributed by atoms with Gasteiger partial charge in [0.2, 0.25) is 0 Å². The van der Waals surface area contributed by atoms with Crippen molar-refractivity contribution >= 4 is 10.8 Å². The zero-order chi connectivity index (χ0) is 20.3. The molecular formula is C30H24. The van der Waals surface area contributed by atoms with Crippen molar-refractivity contribution in [3.05, 3.63) is 144 Å². The molecule has 0 fully saturated rings. The van der Waals surface area contributed by atoms with Crippen molar-refractivity contribution < 1.29 is 0 Å². The van der Waals surface area contributed by atoms with Crippen molar-refractivity contribution in [2.24, 2.45) is 0 Å². The van der Waals surface area contributed by atoms with Crippen molar-refractivity contribution in [2.75, 3.05) is 0 Å². The normalized spacial score (nSPS) is 11.1. The molecule has 0 radical (unpaired) electrons. The number of benzene rings is 5. The van der Waals surface area contributed by atoms with Crippen LogP contribution < -0.4 is 0 Å². The predicted molar refractivity (Wildman–Crippen MR) is 128 cm³/mol. The Morgan fingerprint density at radius 2 is 1.03 bits per heavy atom. The van der Waals surface area contributed by atoms with Crippen molar-refractivity contribution in [3.63, 3.8) is 0 Å².